The largest absolute Gasteiger partial charge is 0.472 e. The van der Waals surface area contributed by atoms with Crippen molar-refractivity contribution in [2.24, 2.45) is 0 Å². The molecule has 1 aliphatic rings. The van der Waals surface area contributed by atoms with Crippen molar-refractivity contribution in [3.8, 4) is 0 Å². The molecular formula is C17H14N4O3S. The van der Waals surface area contributed by atoms with Crippen molar-refractivity contribution < 1.29 is 14.0 Å². The summed E-state index contributed by atoms with van der Waals surface area (Å²) < 4.78 is 4.91. The standard InChI is InChI=1S/C17H14N4O3S/c22-15(12-4-8-24-10-12)20-17-19-13-3-7-21(9-14(13)25-17)16(23)11-1-5-18-6-2-11/h1-2,4-6,8,10H,3,7,9H2,(H,19,20,22). The fourth-order valence-electron chi connectivity index (χ4n) is 2.66. The van der Waals surface area contributed by atoms with E-state index in [0.717, 1.165) is 10.6 Å². The van der Waals surface area contributed by atoms with Gasteiger partial charge in [0.25, 0.3) is 11.8 Å². The first-order valence-electron chi connectivity index (χ1n) is 7.72. The minimum atomic E-state index is -0.260. The minimum absolute atomic E-state index is 0.0227. The maximum Gasteiger partial charge on any atom is 0.260 e. The molecule has 3 aromatic rings. The first-order chi connectivity index (χ1) is 12.2. The fraction of sp³-hybridized carbons (Fsp3) is 0.176. The third kappa shape index (κ3) is 3.16. The third-order valence-corrected chi connectivity index (χ3v) is 4.95. The van der Waals surface area contributed by atoms with Crippen molar-refractivity contribution in [2.75, 3.05) is 11.9 Å². The van der Waals surface area contributed by atoms with Crippen LogP contribution in [0.3, 0.4) is 0 Å². The number of furan rings is 1. The number of anilines is 1. The highest BCUT2D eigenvalue weighted by atomic mass is 32.1. The maximum absolute atomic E-state index is 12.6. The Hall–Kier alpha value is -3.00. The summed E-state index contributed by atoms with van der Waals surface area (Å²) in [6, 6.07) is 5.01. The van der Waals surface area contributed by atoms with Gasteiger partial charge in [0.2, 0.25) is 0 Å². The lowest BCUT2D eigenvalue weighted by atomic mass is 10.1. The number of nitrogens with zero attached hydrogens (tertiary/aromatic N) is 3. The van der Waals surface area contributed by atoms with E-state index < -0.39 is 0 Å². The van der Waals surface area contributed by atoms with Gasteiger partial charge in [-0.3, -0.25) is 19.9 Å². The van der Waals surface area contributed by atoms with Crippen LogP contribution in [0.4, 0.5) is 5.13 Å². The van der Waals surface area contributed by atoms with Crippen LogP contribution < -0.4 is 5.32 Å². The lowest BCUT2D eigenvalue weighted by molar-refractivity contribution is 0.0736. The fourth-order valence-corrected chi connectivity index (χ4v) is 3.68. The van der Waals surface area contributed by atoms with E-state index in [4.69, 9.17) is 4.42 Å². The Morgan fingerprint density at radius 2 is 2.04 bits per heavy atom. The smallest absolute Gasteiger partial charge is 0.260 e. The summed E-state index contributed by atoms with van der Waals surface area (Å²) in [6.07, 6.45) is 6.73. The van der Waals surface area contributed by atoms with Crippen LogP contribution in [0.1, 0.15) is 31.3 Å². The number of pyridine rings is 1. The zero-order valence-corrected chi connectivity index (χ0v) is 14.0. The Balaban J connectivity index is 1.48. The van der Waals surface area contributed by atoms with E-state index in [-0.39, 0.29) is 11.8 Å². The molecule has 0 saturated heterocycles. The lowest BCUT2D eigenvalue weighted by Crippen LogP contribution is -2.35. The normalized spacial score (nSPS) is 13.4. The molecule has 0 aliphatic carbocycles. The zero-order valence-electron chi connectivity index (χ0n) is 13.1. The quantitative estimate of drug-likeness (QED) is 0.781. The van der Waals surface area contributed by atoms with Crippen LogP contribution in [-0.4, -0.2) is 33.2 Å². The molecule has 7 nitrogen and oxygen atoms in total. The molecule has 4 heterocycles. The average Bonchev–Trinajstić information content (AvgIpc) is 3.30. The molecule has 126 valence electrons. The Labute approximate surface area is 147 Å². The molecule has 0 spiro atoms. The highest BCUT2D eigenvalue weighted by molar-refractivity contribution is 7.15. The van der Waals surface area contributed by atoms with Crippen LogP contribution in [-0.2, 0) is 13.0 Å². The van der Waals surface area contributed by atoms with Crippen LogP contribution in [0.5, 0.6) is 0 Å². The SMILES string of the molecule is O=C(Nc1nc2c(s1)CN(C(=O)c1ccncc1)CC2)c1ccoc1. The van der Waals surface area contributed by atoms with Crippen molar-refractivity contribution in [3.63, 3.8) is 0 Å². The maximum atomic E-state index is 12.6. The van der Waals surface area contributed by atoms with Crippen molar-refractivity contribution in [1.82, 2.24) is 14.9 Å². The number of hydrogen-bond donors (Lipinski definition) is 1. The lowest BCUT2D eigenvalue weighted by Gasteiger charge is -2.26. The Bertz CT molecular complexity index is 905. The first kappa shape index (κ1) is 15.5. The molecule has 1 N–H and O–H groups in total. The van der Waals surface area contributed by atoms with Gasteiger partial charge < -0.3 is 9.32 Å². The number of carbonyl (C=O) groups is 2. The van der Waals surface area contributed by atoms with Crippen molar-refractivity contribution in [1.29, 1.82) is 0 Å². The second-order valence-electron chi connectivity index (χ2n) is 5.57. The van der Waals surface area contributed by atoms with E-state index in [0.29, 0.717) is 35.8 Å². The van der Waals surface area contributed by atoms with Gasteiger partial charge in [0.05, 0.1) is 24.1 Å². The Morgan fingerprint density at radius 3 is 2.80 bits per heavy atom. The van der Waals surface area contributed by atoms with Gasteiger partial charge in [-0.05, 0) is 18.2 Å². The third-order valence-electron chi connectivity index (χ3n) is 3.95. The molecule has 4 rings (SSSR count). The summed E-state index contributed by atoms with van der Waals surface area (Å²) in [5.41, 5.74) is 2.00. The van der Waals surface area contributed by atoms with Crippen molar-refractivity contribution >= 4 is 28.3 Å². The number of rotatable bonds is 3. The Morgan fingerprint density at radius 1 is 1.20 bits per heavy atom. The molecule has 0 aromatic carbocycles. The first-order valence-corrected chi connectivity index (χ1v) is 8.54. The number of carbonyl (C=O) groups excluding carboxylic acids is 2. The van der Waals surface area contributed by atoms with Gasteiger partial charge in [0.15, 0.2) is 5.13 Å². The van der Waals surface area contributed by atoms with Crippen LogP contribution in [0.15, 0.2) is 47.5 Å². The van der Waals surface area contributed by atoms with E-state index in [1.807, 2.05) is 0 Å². The van der Waals surface area contributed by atoms with E-state index in [1.165, 1.54) is 23.9 Å². The summed E-state index contributed by atoms with van der Waals surface area (Å²) >= 11 is 1.40. The van der Waals surface area contributed by atoms with E-state index in [9.17, 15) is 9.59 Å². The summed E-state index contributed by atoms with van der Waals surface area (Å²) in [4.78, 5) is 35.8. The summed E-state index contributed by atoms with van der Waals surface area (Å²) in [7, 11) is 0. The highest BCUT2D eigenvalue weighted by Crippen LogP contribution is 2.29. The molecule has 1 aliphatic heterocycles. The average molecular weight is 354 g/mol. The number of nitrogens with one attached hydrogen (secondary N) is 1. The number of fused-ring (bicyclic) bond motifs is 1. The molecule has 0 saturated carbocycles. The molecule has 0 bridgehead atoms. The topological polar surface area (TPSA) is 88.3 Å². The molecule has 0 atom stereocenters. The molecule has 25 heavy (non-hydrogen) atoms. The van der Waals surface area contributed by atoms with Gasteiger partial charge >= 0.3 is 0 Å². The van der Waals surface area contributed by atoms with Gasteiger partial charge in [0, 0.05) is 35.8 Å². The second kappa shape index (κ2) is 6.48. The van der Waals surface area contributed by atoms with Gasteiger partial charge in [-0.15, -0.1) is 0 Å². The molecule has 3 aromatic heterocycles. The van der Waals surface area contributed by atoms with Crippen LogP contribution in [0, 0.1) is 0 Å². The van der Waals surface area contributed by atoms with Gasteiger partial charge in [-0.2, -0.15) is 0 Å². The highest BCUT2D eigenvalue weighted by Gasteiger charge is 2.25. The predicted octanol–water partition coefficient (Wildman–Crippen LogP) is 2.58. The zero-order chi connectivity index (χ0) is 17.2. The number of hydrogen-bond acceptors (Lipinski definition) is 6. The van der Waals surface area contributed by atoms with Crippen LogP contribution >= 0.6 is 11.3 Å². The summed E-state index contributed by atoms with van der Waals surface area (Å²) in [5.74, 6) is -0.282. The van der Waals surface area contributed by atoms with E-state index >= 15 is 0 Å². The summed E-state index contributed by atoms with van der Waals surface area (Å²) in [5, 5.41) is 3.31. The number of aromatic nitrogens is 2. The van der Waals surface area contributed by atoms with Gasteiger partial charge in [-0.25, -0.2) is 4.98 Å². The molecular weight excluding hydrogens is 340 g/mol. The predicted molar refractivity (Wildman–Crippen MR) is 91.5 cm³/mol. The molecule has 8 heteroatoms. The Kier molecular flexibility index (Phi) is 4.02. The van der Waals surface area contributed by atoms with Crippen molar-refractivity contribution in [3.05, 3.63) is 64.8 Å². The molecule has 0 fully saturated rings. The number of thiazole rings is 1. The molecule has 0 radical (unpaired) electrons. The molecule has 0 unspecified atom stereocenters. The molecule has 2 amide bonds. The van der Waals surface area contributed by atoms with Crippen LogP contribution in [0.2, 0.25) is 0 Å². The van der Waals surface area contributed by atoms with Gasteiger partial charge in [-0.1, -0.05) is 11.3 Å². The van der Waals surface area contributed by atoms with Crippen molar-refractivity contribution in [2.45, 2.75) is 13.0 Å². The monoisotopic (exact) mass is 354 g/mol. The summed E-state index contributed by atoms with van der Waals surface area (Å²) in [6.45, 7) is 1.10. The number of amides is 2. The van der Waals surface area contributed by atoms with Gasteiger partial charge in [0.1, 0.15) is 6.26 Å². The minimum Gasteiger partial charge on any atom is -0.472 e. The van der Waals surface area contributed by atoms with E-state index in [1.54, 1.807) is 35.5 Å². The second-order valence-corrected chi connectivity index (χ2v) is 6.65. The van der Waals surface area contributed by atoms with Crippen LogP contribution in [0.25, 0.3) is 0 Å². The van der Waals surface area contributed by atoms with E-state index in [2.05, 4.69) is 15.3 Å².